The van der Waals surface area contributed by atoms with Gasteiger partial charge in [-0.15, -0.1) is 0 Å². The Morgan fingerprint density at radius 2 is 1.89 bits per heavy atom. The molecule has 2 bridgehead atoms. The lowest BCUT2D eigenvalue weighted by Gasteiger charge is -2.16. The summed E-state index contributed by atoms with van der Waals surface area (Å²) in [5.41, 5.74) is 7.44. The number of hydrogen-bond acceptors (Lipinski definition) is 1. The lowest BCUT2D eigenvalue weighted by Crippen LogP contribution is -2.28. The van der Waals surface area contributed by atoms with Crippen LogP contribution < -0.4 is 5.73 Å². The second-order valence-corrected chi connectivity index (χ2v) is 7.63. The van der Waals surface area contributed by atoms with Crippen LogP contribution in [0.15, 0.2) is 22.7 Å². The number of hydrogen-bond donors (Lipinski definition) is 1. The number of nitrogens with two attached hydrogens (primary N) is 1. The predicted octanol–water partition coefficient (Wildman–Crippen LogP) is 3.75. The van der Waals surface area contributed by atoms with E-state index in [1.54, 1.807) is 6.07 Å². The standard InChI is InChI=1S/C16H19BrFN/c17-11-3-8(4-12(18)7-11)5-13(19)16-14-9-1-2-10(6-9)15(14)16/h3-4,7,9-10,13-16H,1-2,5-6,19H2. The maximum atomic E-state index is 13.4. The molecule has 0 spiro atoms. The average molecular weight is 324 g/mol. The highest BCUT2D eigenvalue weighted by molar-refractivity contribution is 9.10. The Morgan fingerprint density at radius 1 is 1.21 bits per heavy atom. The minimum atomic E-state index is -0.173. The van der Waals surface area contributed by atoms with Crippen molar-refractivity contribution in [1.82, 2.24) is 0 Å². The van der Waals surface area contributed by atoms with E-state index in [2.05, 4.69) is 15.9 Å². The first-order chi connectivity index (χ1) is 9.13. The fourth-order valence-electron chi connectivity index (χ4n) is 5.10. The third kappa shape index (κ3) is 1.97. The number of rotatable bonds is 3. The highest BCUT2D eigenvalue weighted by Gasteiger charge is 2.65. The summed E-state index contributed by atoms with van der Waals surface area (Å²) in [7, 11) is 0. The maximum absolute atomic E-state index is 13.4. The van der Waals surface area contributed by atoms with E-state index < -0.39 is 0 Å². The van der Waals surface area contributed by atoms with Crippen LogP contribution in [0.1, 0.15) is 24.8 Å². The summed E-state index contributed by atoms with van der Waals surface area (Å²) < 4.78 is 14.2. The van der Waals surface area contributed by atoms with Gasteiger partial charge in [-0.1, -0.05) is 15.9 Å². The average Bonchev–Trinajstić information content (AvgIpc) is 2.78. The first-order valence-corrected chi connectivity index (χ1v) is 8.13. The molecule has 5 unspecified atom stereocenters. The van der Waals surface area contributed by atoms with E-state index in [0.717, 1.165) is 40.1 Å². The van der Waals surface area contributed by atoms with Crippen LogP contribution in [0.25, 0.3) is 0 Å². The first kappa shape index (κ1) is 12.3. The third-order valence-corrected chi connectivity index (χ3v) is 6.14. The van der Waals surface area contributed by atoms with Gasteiger partial charge in [-0.2, -0.15) is 0 Å². The minimum absolute atomic E-state index is 0.173. The molecule has 0 radical (unpaired) electrons. The quantitative estimate of drug-likeness (QED) is 0.900. The van der Waals surface area contributed by atoms with Crippen LogP contribution in [0.3, 0.4) is 0 Å². The number of fused-ring (bicyclic) bond motifs is 5. The predicted molar refractivity (Wildman–Crippen MR) is 77.1 cm³/mol. The van der Waals surface area contributed by atoms with Gasteiger partial charge in [0, 0.05) is 10.5 Å². The summed E-state index contributed by atoms with van der Waals surface area (Å²) >= 11 is 3.35. The van der Waals surface area contributed by atoms with Gasteiger partial charge in [0.1, 0.15) is 5.82 Å². The van der Waals surface area contributed by atoms with Crippen LogP contribution in [-0.2, 0) is 6.42 Å². The Labute approximate surface area is 121 Å². The van der Waals surface area contributed by atoms with Gasteiger partial charge in [-0.25, -0.2) is 4.39 Å². The molecule has 4 rings (SSSR count). The molecule has 3 saturated carbocycles. The van der Waals surface area contributed by atoms with Crippen LogP contribution in [0, 0.1) is 35.4 Å². The van der Waals surface area contributed by atoms with E-state index >= 15 is 0 Å². The Hall–Kier alpha value is -0.410. The molecule has 3 fully saturated rings. The van der Waals surface area contributed by atoms with Crippen LogP contribution in [0.2, 0.25) is 0 Å². The molecule has 1 aromatic rings. The van der Waals surface area contributed by atoms with Crippen molar-refractivity contribution in [2.24, 2.45) is 35.3 Å². The van der Waals surface area contributed by atoms with Gasteiger partial charge in [0.05, 0.1) is 0 Å². The summed E-state index contributed by atoms with van der Waals surface area (Å²) in [6, 6.07) is 5.33. The lowest BCUT2D eigenvalue weighted by molar-refractivity contribution is 0.409. The lowest BCUT2D eigenvalue weighted by atomic mass is 9.94. The second kappa shape index (κ2) is 4.29. The van der Waals surface area contributed by atoms with E-state index in [-0.39, 0.29) is 11.9 Å². The molecular formula is C16H19BrFN. The van der Waals surface area contributed by atoms with Crippen LogP contribution in [0.5, 0.6) is 0 Å². The number of benzene rings is 1. The van der Waals surface area contributed by atoms with Gasteiger partial charge in [0.25, 0.3) is 0 Å². The van der Waals surface area contributed by atoms with Gasteiger partial charge in [0.2, 0.25) is 0 Å². The third-order valence-electron chi connectivity index (χ3n) is 5.68. The zero-order chi connectivity index (χ0) is 13.1. The van der Waals surface area contributed by atoms with Crippen LogP contribution in [0.4, 0.5) is 4.39 Å². The molecule has 5 atom stereocenters. The maximum Gasteiger partial charge on any atom is 0.124 e. The fourth-order valence-corrected chi connectivity index (χ4v) is 5.61. The summed E-state index contributed by atoms with van der Waals surface area (Å²) in [5.74, 6) is 4.29. The Bertz CT molecular complexity index is 481. The van der Waals surface area contributed by atoms with E-state index in [1.807, 2.05) is 6.07 Å². The Balaban J connectivity index is 1.46. The number of halogens is 2. The molecular weight excluding hydrogens is 305 g/mol. The highest BCUT2D eigenvalue weighted by atomic mass is 79.9. The monoisotopic (exact) mass is 323 g/mol. The molecule has 19 heavy (non-hydrogen) atoms. The van der Waals surface area contributed by atoms with Crippen LogP contribution in [-0.4, -0.2) is 6.04 Å². The van der Waals surface area contributed by atoms with Gasteiger partial charge in [0.15, 0.2) is 0 Å². The van der Waals surface area contributed by atoms with Gasteiger partial charge >= 0.3 is 0 Å². The molecule has 0 heterocycles. The summed E-state index contributed by atoms with van der Waals surface area (Å²) in [5, 5.41) is 0. The summed E-state index contributed by atoms with van der Waals surface area (Å²) in [6.07, 6.45) is 5.14. The van der Waals surface area contributed by atoms with Crippen molar-refractivity contribution in [3.8, 4) is 0 Å². The molecule has 3 aliphatic carbocycles. The molecule has 0 saturated heterocycles. The van der Waals surface area contributed by atoms with E-state index in [9.17, 15) is 4.39 Å². The zero-order valence-electron chi connectivity index (χ0n) is 10.9. The first-order valence-electron chi connectivity index (χ1n) is 7.34. The van der Waals surface area contributed by atoms with E-state index in [4.69, 9.17) is 5.73 Å². The molecule has 1 aromatic carbocycles. The van der Waals surface area contributed by atoms with Crippen molar-refractivity contribution < 1.29 is 4.39 Å². The van der Waals surface area contributed by atoms with Crippen molar-refractivity contribution in [1.29, 1.82) is 0 Å². The van der Waals surface area contributed by atoms with E-state index in [1.165, 1.54) is 25.3 Å². The molecule has 3 heteroatoms. The van der Waals surface area contributed by atoms with Crippen LogP contribution >= 0.6 is 15.9 Å². The SMILES string of the molecule is NC(Cc1cc(F)cc(Br)c1)C1C2C3CCC(C3)C12. The molecule has 3 aliphatic rings. The van der Waals surface area contributed by atoms with E-state index in [0.29, 0.717) is 5.92 Å². The van der Waals surface area contributed by atoms with Gasteiger partial charge < -0.3 is 5.73 Å². The highest BCUT2D eigenvalue weighted by Crippen LogP contribution is 2.70. The zero-order valence-corrected chi connectivity index (χ0v) is 12.4. The Kier molecular flexibility index (Phi) is 2.79. The fraction of sp³-hybridized carbons (Fsp3) is 0.625. The molecule has 0 amide bonds. The summed E-state index contributed by atoms with van der Waals surface area (Å²) in [4.78, 5) is 0. The largest absolute Gasteiger partial charge is 0.327 e. The molecule has 1 nitrogen and oxygen atoms in total. The second-order valence-electron chi connectivity index (χ2n) is 6.71. The molecule has 0 aliphatic heterocycles. The van der Waals surface area contributed by atoms with Gasteiger partial charge in [-0.3, -0.25) is 0 Å². The van der Waals surface area contributed by atoms with Crippen molar-refractivity contribution in [2.45, 2.75) is 31.7 Å². The van der Waals surface area contributed by atoms with Crippen molar-refractivity contribution in [3.05, 3.63) is 34.1 Å². The summed E-state index contributed by atoms with van der Waals surface area (Å²) in [6.45, 7) is 0. The smallest absolute Gasteiger partial charge is 0.124 e. The molecule has 102 valence electrons. The molecule has 2 N–H and O–H groups in total. The topological polar surface area (TPSA) is 26.0 Å². The minimum Gasteiger partial charge on any atom is -0.327 e. The Morgan fingerprint density at radius 3 is 2.53 bits per heavy atom. The van der Waals surface area contributed by atoms with Crippen molar-refractivity contribution >= 4 is 15.9 Å². The van der Waals surface area contributed by atoms with Gasteiger partial charge in [-0.05, 0) is 79.0 Å². The molecule has 0 aromatic heterocycles. The van der Waals surface area contributed by atoms with Crippen molar-refractivity contribution in [3.63, 3.8) is 0 Å². The normalized spacial score (nSPS) is 40.3. The van der Waals surface area contributed by atoms with Crippen molar-refractivity contribution in [2.75, 3.05) is 0 Å².